The van der Waals surface area contributed by atoms with Gasteiger partial charge in [-0.05, 0) is 35.5 Å². The molecule has 102 valence electrons. The van der Waals surface area contributed by atoms with Gasteiger partial charge in [0, 0.05) is 0 Å². The van der Waals surface area contributed by atoms with Gasteiger partial charge in [0.05, 0.1) is 10.6 Å². The highest BCUT2D eigenvalue weighted by molar-refractivity contribution is 7.05. The van der Waals surface area contributed by atoms with Crippen LogP contribution in [0.5, 0.6) is 0 Å². The molecule has 19 heavy (non-hydrogen) atoms. The highest BCUT2D eigenvalue weighted by Crippen LogP contribution is 2.28. The molecule has 0 spiro atoms. The Morgan fingerprint density at radius 2 is 2.00 bits per heavy atom. The summed E-state index contributed by atoms with van der Waals surface area (Å²) in [6, 6.07) is 8.18. The Hall–Kier alpha value is -1.26. The second-order valence-corrected chi connectivity index (χ2v) is 5.52. The summed E-state index contributed by atoms with van der Waals surface area (Å²) in [6.07, 6.45) is 3.45. The lowest BCUT2D eigenvalue weighted by Crippen LogP contribution is -2.02. The average Bonchev–Trinajstić information content (AvgIpc) is 2.87. The van der Waals surface area contributed by atoms with E-state index < -0.39 is 6.10 Å². The van der Waals surface area contributed by atoms with E-state index in [1.165, 1.54) is 17.1 Å². The zero-order valence-corrected chi connectivity index (χ0v) is 12.3. The first-order valence-electron chi connectivity index (χ1n) is 6.84. The molecular formula is C15H20N2OS. The van der Waals surface area contributed by atoms with E-state index in [2.05, 4.69) is 35.6 Å². The Morgan fingerprint density at radius 1 is 1.21 bits per heavy atom. The molecule has 1 aromatic heterocycles. The normalized spacial score (nSPS) is 12.6. The Labute approximate surface area is 118 Å². The van der Waals surface area contributed by atoms with Gasteiger partial charge in [-0.1, -0.05) is 55.4 Å². The molecule has 1 atom stereocenters. The SMILES string of the molecule is CCCc1cccc(C(O)c2snnc2CCC)c1. The van der Waals surface area contributed by atoms with Crippen LogP contribution in [0.15, 0.2) is 24.3 Å². The summed E-state index contributed by atoms with van der Waals surface area (Å²) in [7, 11) is 0. The fourth-order valence-corrected chi connectivity index (χ4v) is 2.90. The van der Waals surface area contributed by atoms with Gasteiger partial charge in [-0.2, -0.15) is 0 Å². The predicted octanol–water partition coefficient (Wildman–Crippen LogP) is 3.52. The number of benzene rings is 1. The highest BCUT2D eigenvalue weighted by atomic mass is 32.1. The van der Waals surface area contributed by atoms with Crippen molar-refractivity contribution in [1.82, 2.24) is 9.59 Å². The summed E-state index contributed by atoms with van der Waals surface area (Å²) in [4.78, 5) is 0.885. The monoisotopic (exact) mass is 276 g/mol. The maximum absolute atomic E-state index is 10.5. The number of aliphatic hydroxyl groups is 1. The Morgan fingerprint density at radius 3 is 2.74 bits per heavy atom. The standard InChI is InChI=1S/C15H20N2OS/c1-3-6-11-8-5-9-12(10-11)14(18)15-13(7-4-2)16-17-19-15/h5,8-10,14,18H,3-4,6-7H2,1-2H3. The van der Waals surface area contributed by atoms with Crippen LogP contribution < -0.4 is 0 Å². The molecule has 0 saturated heterocycles. The lowest BCUT2D eigenvalue weighted by molar-refractivity contribution is 0.222. The van der Waals surface area contributed by atoms with Crippen molar-refractivity contribution >= 4 is 11.5 Å². The molecule has 0 amide bonds. The van der Waals surface area contributed by atoms with Crippen LogP contribution in [0.3, 0.4) is 0 Å². The number of aryl methyl sites for hydroxylation is 2. The molecule has 1 aromatic carbocycles. The van der Waals surface area contributed by atoms with Gasteiger partial charge >= 0.3 is 0 Å². The van der Waals surface area contributed by atoms with Crippen molar-refractivity contribution in [2.24, 2.45) is 0 Å². The maximum atomic E-state index is 10.5. The van der Waals surface area contributed by atoms with Crippen molar-refractivity contribution in [2.45, 2.75) is 45.6 Å². The molecule has 1 unspecified atom stereocenters. The minimum atomic E-state index is -0.599. The van der Waals surface area contributed by atoms with Crippen LogP contribution in [0.25, 0.3) is 0 Å². The van der Waals surface area contributed by atoms with Crippen molar-refractivity contribution in [3.63, 3.8) is 0 Å². The van der Waals surface area contributed by atoms with Gasteiger partial charge < -0.3 is 5.11 Å². The summed E-state index contributed by atoms with van der Waals surface area (Å²) < 4.78 is 3.98. The van der Waals surface area contributed by atoms with Gasteiger partial charge in [0.2, 0.25) is 0 Å². The zero-order valence-electron chi connectivity index (χ0n) is 11.5. The summed E-state index contributed by atoms with van der Waals surface area (Å²) in [5.74, 6) is 0. The molecule has 3 nitrogen and oxygen atoms in total. The van der Waals surface area contributed by atoms with Crippen molar-refractivity contribution in [3.05, 3.63) is 46.0 Å². The number of rotatable bonds is 6. The van der Waals surface area contributed by atoms with Crippen LogP contribution >= 0.6 is 11.5 Å². The van der Waals surface area contributed by atoms with Crippen LogP contribution in [0.1, 0.15) is 54.5 Å². The molecule has 0 aliphatic rings. The van der Waals surface area contributed by atoms with E-state index in [-0.39, 0.29) is 0 Å². The molecule has 0 aliphatic carbocycles. The second kappa shape index (κ2) is 6.78. The van der Waals surface area contributed by atoms with E-state index in [0.29, 0.717) is 0 Å². The minimum Gasteiger partial charge on any atom is -0.383 e. The van der Waals surface area contributed by atoms with Crippen molar-refractivity contribution in [3.8, 4) is 0 Å². The van der Waals surface area contributed by atoms with Gasteiger partial charge in [0.15, 0.2) is 0 Å². The van der Waals surface area contributed by atoms with Crippen LogP contribution in [0.4, 0.5) is 0 Å². The lowest BCUT2D eigenvalue weighted by atomic mass is 10.0. The first-order valence-corrected chi connectivity index (χ1v) is 7.61. The van der Waals surface area contributed by atoms with E-state index in [4.69, 9.17) is 0 Å². The van der Waals surface area contributed by atoms with E-state index in [1.54, 1.807) is 0 Å². The fraction of sp³-hybridized carbons (Fsp3) is 0.467. The molecule has 1 N–H and O–H groups in total. The van der Waals surface area contributed by atoms with Crippen LogP contribution in [-0.4, -0.2) is 14.7 Å². The first-order chi connectivity index (χ1) is 9.26. The Bertz CT molecular complexity index is 524. The Kier molecular flexibility index (Phi) is 5.05. The number of nitrogens with zero attached hydrogens (tertiary/aromatic N) is 2. The third kappa shape index (κ3) is 3.39. The fourth-order valence-electron chi connectivity index (χ4n) is 2.19. The zero-order chi connectivity index (χ0) is 13.7. The van der Waals surface area contributed by atoms with Gasteiger partial charge in [-0.15, -0.1) is 5.10 Å². The minimum absolute atomic E-state index is 0.599. The summed E-state index contributed by atoms with van der Waals surface area (Å²) in [5.41, 5.74) is 3.14. The van der Waals surface area contributed by atoms with Crippen LogP contribution in [0, 0.1) is 0 Å². The van der Waals surface area contributed by atoms with E-state index in [0.717, 1.165) is 41.8 Å². The van der Waals surface area contributed by atoms with Crippen LogP contribution in [0.2, 0.25) is 0 Å². The molecule has 0 saturated carbocycles. The second-order valence-electron chi connectivity index (χ2n) is 4.73. The summed E-state index contributed by atoms with van der Waals surface area (Å²) in [5, 5.41) is 14.6. The third-order valence-electron chi connectivity index (χ3n) is 3.13. The molecule has 4 heteroatoms. The third-order valence-corrected chi connectivity index (χ3v) is 3.94. The first kappa shape index (κ1) is 14.2. The van der Waals surface area contributed by atoms with Gasteiger partial charge in [0.1, 0.15) is 6.10 Å². The molecule has 1 heterocycles. The molecule has 2 rings (SSSR count). The van der Waals surface area contributed by atoms with Crippen LogP contribution in [-0.2, 0) is 12.8 Å². The molecule has 2 aromatic rings. The van der Waals surface area contributed by atoms with Gasteiger partial charge in [0.25, 0.3) is 0 Å². The quantitative estimate of drug-likeness (QED) is 0.878. The van der Waals surface area contributed by atoms with E-state index in [9.17, 15) is 5.11 Å². The lowest BCUT2D eigenvalue weighted by Gasteiger charge is -2.11. The number of aliphatic hydroxyl groups excluding tert-OH is 1. The largest absolute Gasteiger partial charge is 0.383 e. The van der Waals surface area contributed by atoms with Crippen molar-refractivity contribution in [1.29, 1.82) is 0 Å². The maximum Gasteiger partial charge on any atom is 0.117 e. The van der Waals surface area contributed by atoms with Gasteiger partial charge in [-0.25, -0.2) is 0 Å². The predicted molar refractivity (Wildman–Crippen MR) is 78.4 cm³/mol. The number of hydrogen-bond donors (Lipinski definition) is 1. The van der Waals surface area contributed by atoms with Crippen molar-refractivity contribution in [2.75, 3.05) is 0 Å². The number of hydrogen-bond acceptors (Lipinski definition) is 4. The molecule has 0 fully saturated rings. The van der Waals surface area contributed by atoms with E-state index >= 15 is 0 Å². The van der Waals surface area contributed by atoms with Crippen molar-refractivity contribution < 1.29 is 5.11 Å². The summed E-state index contributed by atoms with van der Waals surface area (Å²) >= 11 is 1.30. The summed E-state index contributed by atoms with van der Waals surface area (Å²) in [6.45, 7) is 4.27. The molecular weight excluding hydrogens is 256 g/mol. The highest BCUT2D eigenvalue weighted by Gasteiger charge is 2.18. The van der Waals surface area contributed by atoms with Gasteiger partial charge in [-0.3, -0.25) is 0 Å². The average molecular weight is 276 g/mol. The molecule has 0 aliphatic heterocycles. The Balaban J connectivity index is 2.25. The van der Waals surface area contributed by atoms with E-state index in [1.807, 2.05) is 12.1 Å². The molecule has 0 bridgehead atoms. The molecule has 0 radical (unpaired) electrons. The number of aromatic nitrogens is 2. The topological polar surface area (TPSA) is 46.0 Å². The smallest absolute Gasteiger partial charge is 0.117 e.